The summed E-state index contributed by atoms with van der Waals surface area (Å²) in [6.07, 6.45) is 1.02. The molecule has 1 unspecified atom stereocenters. The van der Waals surface area contributed by atoms with Crippen LogP contribution in [0, 0.1) is 0 Å². The van der Waals surface area contributed by atoms with E-state index in [0.717, 1.165) is 26.1 Å². The summed E-state index contributed by atoms with van der Waals surface area (Å²) in [5.74, 6) is -0.0556. The van der Waals surface area contributed by atoms with Gasteiger partial charge in [0.25, 0.3) is 0 Å². The third-order valence-corrected chi connectivity index (χ3v) is 5.33. The topological polar surface area (TPSA) is 52.6 Å². The van der Waals surface area contributed by atoms with Crippen LogP contribution >= 0.6 is 11.8 Å². The Morgan fingerprint density at radius 1 is 1.47 bits per heavy atom. The second-order valence-corrected chi connectivity index (χ2v) is 6.69. The molecule has 0 saturated carbocycles. The van der Waals surface area contributed by atoms with Gasteiger partial charge in [-0.2, -0.15) is 0 Å². The number of likely N-dealkylation sites (tertiary alicyclic amines) is 1. The van der Waals surface area contributed by atoms with Crippen LogP contribution < -0.4 is 5.32 Å². The van der Waals surface area contributed by atoms with Crippen molar-refractivity contribution in [3.05, 3.63) is 35.9 Å². The summed E-state index contributed by atoms with van der Waals surface area (Å²) in [4.78, 5) is 13.4. The molecule has 0 bridgehead atoms. The molecule has 0 aliphatic carbocycles. The summed E-state index contributed by atoms with van der Waals surface area (Å²) in [6, 6.07) is 10.0. The van der Waals surface area contributed by atoms with Gasteiger partial charge in [-0.1, -0.05) is 30.3 Å². The maximum absolute atomic E-state index is 11.0. The van der Waals surface area contributed by atoms with Crippen LogP contribution in [-0.4, -0.2) is 45.7 Å². The van der Waals surface area contributed by atoms with E-state index in [1.54, 1.807) is 11.8 Å². The van der Waals surface area contributed by atoms with Crippen molar-refractivity contribution in [2.45, 2.75) is 23.9 Å². The summed E-state index contributed by atoms with van der Waals surface area (Å²) in [7, 11) is 0. The fourth-order valence-corrected chi connectivity index (χ4v) is 4.29. The maximum atomic E-state index is 11.0. The third kappa shape index (κ3) is 2.78. The van der Waals surface area contributed by atoms with Crippen molar-refractivity contribution < 1.29 is 9.90 Å². The highest BCUT2D eigenvalue weighted by molar-refractivity contribution is 8.01. The lowest BCUT2D eigenvalue weighted by atomic mass is 10.2. The molecular weight excluding hydrogens is 260 g/mol. The summed E-state index contributed by atoms with van der Waals surface area (Å²) < 4.78 is 0. The molecule has 1 aromatic rings. The van der Waals surface area contributed by atoms with E-state index in [9.17, 15) is 4.79 Å². The van der Waals surface area contributed by atoms with Gasteiger partial charge in [-0.15, -0.1) is 11.8 Å². The highest BCUT2D eigenvalue weighted by Gasteiger charge is 2.46. The zero-order chi connectivity index (χ0) is 13.3. The normalized spacial score (nSPS) is 31.1. The average Bonchev–Trinajstić information content (AvgIpc) is 2.99. The molecule has 1 spiro atoms. The first-order valence-corrected chi connectivity index (χ1v) is 7.56. The fraction of sp³-hybridized carbons (Fsp3) is 0.500. The van der Waals surface area contributed by atoms with Crippen LogP contribution in [0.2, 0.25) is 0 Å². The number of nitrogens with zero attached hydrogens (tertiary/aromatic N) is 1. The number of carboxylic acids is 1. The Bertz CT molecular complexity index is 468. The van der Waals surface area contributed by atoms with Crippen LogP contribution in [-0.2, 0) is 11.3 Å². The van der Waals surface area contributed by atoms with Gasteiger partial charge >= 0.3 is 5.97 Å². The molecular formula is C14H18N2O2S. The molecule has 2 N–H and O–H groups in total. The van der Waals surface area contributed by atoms with E-state index in [1.807, 2.05) is 6.07 Å². The standard InChI is InChI=1S/C14H18N2O2S/c17-13(18)12-9-19-14(15-12)6-7-16(10-14)8-11-4-2-1-3-5-11/h1-5,12,15H,6-10H2,(H,17,18)/t12-,14?/m1/s1. The summed E-state index contributed by atoms with van der Waals surface area (Å²) in [5.41, 5.74) is 1.32. The minimum absolute atomic E-state index is 0.0438. The monoisotopic (exact) mass is 278 g/mol. The molecule has 102 valence electrons. The number of rotatable bonds is 3. The maximum Gasteiger partial charge on any atom is 0.321 e. The Morgan fingerprint density at radius 2 is 2.26 bits per heavy atom. The van der Waals surface area contributed by atoms with Crippen molar-refractivity contribution in [3.63, 3.8) is 0 Å². The summed E-state index contributed by atoms with van der Waals surface area (Å²) in [6.45, 7) is 2.90. The van der Waals surface area contributed by atoms with Crippen LogP contribution in [0.3, 0.4) is 0 Å². The number of thioether (sulfide) groups is 1. The molecule has 2 heterocycles. The van der Waals surface area contributed by atoms with E-state index in [2.05, 4.69) is 34.5 Å². The molecule has 0 aromatic heterocycles. The molecule has 1 aromatic carbocycles. The minimum atomic E-state index is -0.731. The summed E-state index contributed by atoms with van der Waals surface area (Å²) in [5, 5.41) is 12.4. The molecule has 2 aliphatic heterocycles. The van der Waals surface area contributed by atoms with Crippen LogP contribution in [0.25, 0.3) is 0 Å². The lowest BCUT2D eigenvalue weighted by molar-refractivity contribution is -0.138. The van der Waals surface area contributed by atoms with E-state index in [0.29, 0.717) is 5.75 Å². The smallest absolute Gasteiger partial charge is 0.321 e. The Hall–Kier alpha value is -1.04. The van der Waals surface area contributed by atoms with E-state index >= 15 is 0 Å². The largest absolute Gasteiger partial charge is 0.480 e. The second-order valence-electron chi connectivity index (χ2n) is 5.29. The Morgan fingerprint density at radius 3 is 2.95 bits per heavy atom. The van der Waals surface area contributed by atoms with Gasteiger partial charge in [0.15, 0.2) is 0 Å². The number of carboxylic acid groups (broad SMARTS) is 1. The van der Waals surface area contributed by atoms with Gasteiger partial charge < -0.3 is 5.11 Å². The van der Waals surface area contributed by atoms with Crippen molar-refractivity contribution in [3.8, 4) is 0 Å². The number of hydrogen-bond acceptors (Lipinski definition) is 4. The summed E-state index contributed by atoms with van der Waals surface area (Å²) >= 11 is 1.77. The molecule has 5 heteroatoms. The van der Waals surface area contributed by atoms with Gasteiger partial charge in [-0.05, 0) is 12.0 Å². The van der Waals surface area contributed by atoms with Gasteiger partial charge in [-0.25, -0.2) is 0 Å². The highest BCUT2D eigenvalue weighted by atomic mass is 32.2. The van der Waals surface area contributed by atoms with Crippen molar-refractivity contribution >= 4 is 17.7 Å². The van der Waals surface area contributed by atoms with Gasteiger partial charge in [0, 0.05) is 25.4 Å². The quantitative estimate of drug-likeness (QED) is 0.875. The van der Waals surface area contributed by atoms with Crippen molar-refractivity contribution in [2.75, 3.05) is 18.8 Å². The minimum Gasteiger partial charge on any atom is -0.480 e. The Labute approximate surface area is 117 Å². The number of benzene rings is 1. The van der Waals surface area contributed by atoms with E-state index in [4.69, 9.17) is 5.11 Å². The average molecular weight is 278 g/mol. The number of aliphatic carboxylic acids is 1. The van der Waals surface area contributed by atoms with E-state index < -0.39 is 5.97 Å². The Kier molecular flexibility index (Phi) is 3.52. The highest BCUT2D eigenvalue weighted by Crippen LogP contribution is 2.38. The molecule has 0 amide bonds. The van der Waals surface area contributed by atoms with Gasteiger partial charge in [0.1, 0.15) is 6.04 Å². The van der Waals surface area contributed by atoms with Gasteiger partial charge in [0.05, 0.1) is 4.87 Å². The third-order valence-electron chi connectivity index (χ3n) is 3.82. The van der Waals surface area contributed by atoms with Crippen molar-refractivity contribution in [1.29, 1.82) is 0 Å². The van der Waals surface area contributed by atoms with E-state index in [-0.39, 0.29) is 10.9 Å². The fourth-order valence-electron chi connectivity index (χ4n) is 2.85. The molecule has 0 radical (unpaired) electrons. The van der Waals surface area contributed by atoms with Crippen LogP contribution in [0.5, 0.6) is 0 Å². The zero-order valence-corrected chi connectivity index (χ0v) is 11.5. The lowest BCUT2D eigenvalue weighted by Gasteiger charge is -2.24. The van der Waals surface area contributed by atoms with E-state index in [1.165, 1.54) is 5.56 Å². The molecule has 19 heavy (non-hydrogen) atoms. The number of hydrogen-bond donors (Lipinski definition) is 2. The van der Waals surface area contributed by atoms with Crippen molar-refractivity contribution in [1.82, 2.24) is 10.2 Å². The van der Waals surface area contributed by atoms with Crippen LogP contribution in [0.1, 0.15) is 12.0 Å². The zero-order valence-electron chi connectivity index (χ0n) is 10.7. The Balaban J connectivity index is 1.60. The molecule has 2 atom stereocenters. The lowest BCUT2D eigenvalue weighted by Crippen LogP contribution is -2.46. The molecule has 2 aliphatic rings. The predicted octanol–water partition coefficient (Wildman–Crippen LogP) is 1.38. The number of carbonyl (C=O) groups is 1. The second kappa shape index (κ2) is 5.15. The van der Waals surface area contributed by atoms with Gasteiger partial charge in [-0.3, -0.25) is 15.0 Å². The first kappa shape index (κ1) is 13.0. The number of nitrogens with one attached hydrogen (secondary N) is 1. The SMILES string of the molecule is O=C(O)[C@H]1CSC2(CCN(Cc3ccccc3)C2)N1. The van der Waals surface area contributed by atoms with Crippen LogP contribution in [0.4, 0.5) is 0 Å². The molecule has 3 rings (SSSR count). The van der Waals surface area contributed by atoms with Crippen molar-refractivity contribution in [2.24, 2.45) is 0 Å². The predicted molar refractivity (Wildman–Crippen MR) is 76.1 cm³/mol. The molecule has 4 nitrogen and oxygen atoms in total. The first-order valence-electron chi connectivity index (χ1n) is 6.58. The first-order chi connectivity index (χ1) is 9.17. The molecule has 2 fully saturated rings. The molecule has 2 saturated heterocycles. The van der Waals surface area contributed by atoms with Gasteiger partial charge in [0.2, 0.25) is 0 Å². The van der Waals surface area contributed by atoms with Crippen LogP contribution in [0.15, 0.2) is 30.3 Å².